The molecule has 2 saturated heterocycles. The number of nitrogens with one attached hydrogen (secondary N) is 1. The minimum Gasteiger partial charge on any atom is -0.441 e. The van der Waals surface area contributed by atoms with Gasteiger partial charge in [0.15, 0.2) is 0 Å². The molecule has 1 N–H and O–H groups in total. The van der Waals surface area contributed by atoms with E-state index in [1.165, 1.54) is 16.8 Å². The Hall–Kier alpha value is -2.58. The number of nitrogens with zero attached hydrogens (tertiary/aromatic N) is 3. The largest absolute Gasteiger partial charge is 0.441 e. The maximum atomic E-state index is 12.5. The summed E-state index contributed by atoms with van der Waals surface area (Å²) in [5.41, 5.74) is -1.62. The Bertz CT molecular complexity index is 822. The Morgan fingerprint density at radius 1 is 1.30 bits per heavy atom. The number of H-pyrrole nitrogens is 1. The number of piperidine rings is 1. The van der Waals surface area contributed by atoms with Gasteiger partial charge in [-0.25, -0.2) is 9.59 Å². The molecule has 148 valence electrons. The second kappa shape index (κ2) is 7.58. The lowest BCUT2D eigenvalue weighted by Crippen LogP contribution is -2.50. The number of carbonyl (C=O) groups is 2. The lowest BCUT2D eigenvalue weighted by molar-refractivity contribution is -0.135. The van der Waals surface area contributed by atoms with Crippen molar-refractivity contribution in [3.8, 4) is 0 Å². The van der Waals surface area contributed by atoms with Crippen molar-refractivity contribution in [2.24, 2.45) is 0 Å². The molecule has 9 nitrogen and oxygen atoms in total. The average Bonchev–Trinajstić information content (AvgIpc) is 2.94. The zero-order chi connectivity index (χ0) is 19.6. The second-order valence-electron chi connectivity index (χ2n) is 7.44. The summed E-state index contributed by atoms with van der Waals surface area (Å²) in [5, 5.41) is 0. The van der Waals surface area contributed by atoms with Crippen LogP contribution < -0.4 is 11.2 Å². The number of rotatable bonds is 5. The van der Waals surface area contributed by atoms with Crippen LogP contribution >= 0.6 is 0 Å². The van der Waals surface area contributed by atoms with Crippen LogP contribution in [0.2, 0.25) is 0 Å². The lowest BCUT2D eigenvalue weighted by Gasteiger charge is -2.37. The van der Waals surface area contributed by atoms with E-state index in [0.29, 0.717) is 32.5 Å². The molecule has 2 aliphatic rings. The third kappa shape index (κ3) is 4.06. The number of aromatic amines is 1. The van der Waals surface area contributed by atoms with E-state index >= 15 is 0 Å². The van der Waals surface area contributed by atoms with Crippen LogP contribution in [0.3, 0.4) is 0 Å². The molecule has 27 heavy (non-hydrogen) atoms. The summed E-state index contributed by atoms with van der Waals surface area (Å²) in [5.74, 6) is -0.195. The number of ether oxygens (including phenoxy) is 1. The minimum absolute atomic E-state index is 0.123. The van der Waals surface area contributed by atoms with E-state index in [4.69, 9.17) is 4.74 Å². The molecule has 1 atom stereocenters. The van der Waals surface area contributed by atoms with E-state index in [1.54, 1.807) is 9.80 Å². The first-order valence-electron chi connectivity index (χ1n) is 9.41. The molecule has 2 aliphatic heterocycles. The van der Waals surface area contributed by atoms with Crippen LogP contribution in [-0.2, 0) is 16.1 Å². The van der Waals surface area contributed by atoms with Gasteiger partial charge in [-0.05, 0) is 13.3 Å². The summed E-state index contributed by atoms with van der Waals surface area (Å²) < 4.78 is 6.88. The smallest absolute Gasteiger partial charge is 0.410 e. The molecule has 1 spiro atoms. The predicted octanol–water partition coefficient (Wildman–Crippen LogP) is 0.539. The molecule has 2 fully saturated rings. The monoisotopic (exact) mass is 378 g/mol. The van der Waals surface area contributed by atoms with Gasteiger partial charge in [-0.3, -0.25) is 19.1 Å². The van der Waals surface area contributed by atoms with E-state index in [9.17, 15) is 19.2 Å². The quantitative estimate of drug-likeness (QED) is 0.805. The normalized spacial score (nSPS) is 20.0. The highest BCUT2D eigenvalue weighted by atomic mass is 16.6. The number of likely N-dealkylation sites (tertiary alicyclic amines) is 1. The summed E-state index contributed by atoms with van der Waals surface area (Å²) in [6, 6.07) is 1.36. The first-order valence-corrected chi connectivity index (χ1v) is 9.41. The highest BCUT2D eigenvalue weighted by molar-refractivity contribution is 5.76. The van der Waals surface area contributed by atoms with Crippen LogP contribution in [0.5, 0.6) is 0 Å². The zero-order valence-electron chi connectivity index (χ0n) is 15.8. The van der Waals surface area contributed by atoms with Gasteiger partial charge in [-0.1, -0.05) is 13.3 Å². The molecule has 0 saturated carbocycles. The van der Waals surface area contributed by atoms with Gasteiger partial charge < -0.3 is 14.5 Å². The fraction of sp³-hybridized carbons (Fsp3) is 0.667. The standard InChI is InChI=1S/C18H26N4O5/c1-3-4-13(2)22-12-18(27-17(22)26)6-9-20(10-7-18)15(24)11-21-8-5-14(23)19-16(21)25/h5,8,13H,3-4,6-7,9-12H2,1-2H3,(H,19,23,25)/t13-/m1/s1. The van der Waals surface area contributed by atoms with Crippen LogP contribution in [0.25, 0.3) is 0 Å². The molecule has 0 bridgehead atoms. The maximum Gasteiger partial charge on any atom is 0.410 e. The van der Waals surface area contributed by atoms with E-state index in [-0.39, 0.29) is 24.6 Å². The Kier molecular flexibility index (Phi) is 5.38. The molecule has 0 unspecified atom stereocenters. The van der Waals surface area contributed by atoms with E-state index in [1.807, 2.05) is 6.92 Å². The van der Waals surface area contributed by atoms with Crippen molar-refractivity contribution in [1.29, 1.82) is 0 Å². The van der Waals surface area contributed by atoms with Crippen molar-refractivity contribution < 1.29 is 14.3 Å². The van der Waals surface area contributed by atoms with Gasteiger partial charge in [-0.15, -0.1) is 0 Å². The van der Waals surface area contributed by atoms with E-state index < -0.39 is 16.9 Å². The Morgan fingerprint density at radius 2 is 2.00 bits per heavy atom. The molecule has 0 radical (unpaired) electrons. The maximum absolute atomic E-state index is 12.5. The van der Waals surface area contributed by atoms with Crippen LogP contribution in [0.4, 0.5) is 4.79 Å². The molecule has 0 aromatic carbocycles. The van der Waals surface area contributed by atoms with Gasteiger partial charge in [0.1, 0.15) is 12.1 Å². The first-order chi connectivity index (χ1) is 12.8. The Morgan fingerprint density at radius 3 is 2.63 bits per heavy atom. The lowest BCUT2D eigenvalue weighted by atomic mass is 9.91. The Balaban J connectivity index is 1.58. The number of hydrogen-bond acceptors (Lipinski definition) is 5. The molecule has 1 aromatic heterocycles. The van der Waals surface area contributed by atoms with Gasteiger partial charge in [0.05, 0.1) is 6.54 Å². The average molecular weight is 378 g/mol. The van der Waals surface area contributed by atoms with Crippen molar-refractivity contribution >= 4 is 12.0 Å². The number of carbonyl (C=O) groups excluding carboxylic acids is 2. The van der Waals surface area contributed by atoms with Crippen LogP contribution in [0, 0.1) is 0 Å². The summed E-state index contributed by atoms with van der Waals surface area (Å²) in [4.78, 5) is 53.2. The van der Waals surface area contributed by atoms with Crippen molar-refractivity contribution in [3.63, 3.8) is 0 Å². The van der Waals surface area contributed by atoms with Gasteiger partial charge >= 0.3 is 11.8 Å². The SMILES string of the molecule is CCC[C@@H](C)N1CC2(CCN(C(=O)Cn3ccc(=O)[nH]c3=O)CC2)OC1=O. The fourth-order valence-electron chi connectivity index (χ4n) is 3.80. The van der Waals surface area contributed by atoms with E-state index in [2.05, 4.69) is 11.9 Å². The number of aromatic nitrogens is 2. The molecular weight excluding hydrogens is 352 g/mol. The van der Waals surface area contributed by atoms with Gasteiger partial charge in [-0.2, -0.15) is 0 Å². The van der Waals surface area contributed by atoms with Crippen molar-refractivity contribution in [2.75, 3.05) is 19.6 Å². The summed E-state index contributed by atoms with van der Waals surface area (Å²) in [6.07, 6.45) is 4.15. The topological polar surface area (TPSA) is 105 Å². The summed E-state index contributed by atoms with van der Waals surface area (Å²) >= 11 is 0. The third-order valence-electron chi connectivity index (χ3n) is 5.47. The summed E-state index contributed by atoms with van der Waals surface area (Å²) in [7, 11) is 0. The van der Waals surface area contributed by atoms with Gasteiger partial charge in [0.25, 0.3) is 5.56 Å². The van der Waals surface area contributed by atoms with Crippen LogP contribution in [0.1, 0.15) is 39.5 Å². The minimum atomic E-state index is -0.602. The molecular formula is C18H26N4O5. The van der Waals surface area contributed by atoms with Crippen molar-refractivity contribution in [1.82, 2.24) is 19.4 Å². The summed E-state index contributed by atoms with van der Waals surface area (Å²) in [6.45, 7) is 5.51. The van der Waals surface area contributed by atoms with Crippen molar-refractivity contribution in [2.45, 2.75) is 57.7 Å². The molecule has 9 heteroatoms. The molecule has 1 aromatic rings. The highest BCUT2D eigenvalue weighted by Gasteiger charge is 2.48. The van der Waals surface area contributed by atoms with Gasteiger partial charge in [0.2, 0.25) is 5.91 Å². The molecule has 2 amide bonds. The highest BCUT2D eigenvalue weighted by Crippen LogP contribution is 2.34. The Labute approximate surface area is 156 Å². The third-order valence-corrected chi connectivity index (χ3v) is 5.47. The predicted molar refractivity (Wildman–Crippen MR) is 97.4 cm³/mol. The molecule has 3 rings (SSSR count). The second-order valence-corrected chi connectivity index (χ2v) is 7.44. The molecule has 3 heterocycles. The van der Waals surface area contributed by atoms with Crippen LogP contribution in [0.15, 0.2) is 21.9 Å². The number of amides is 2. The van der Waals surface area contributed by atoms with Crippen molar-refractivity contribution in [3.05, 3.63) is 33.1 Å². The van der Waals surface area contributed by atoms with Gasteiger partial charge in [0, 0.05) is 44.2 Å². The first kappa shape index (κ1) is 19.2. The van der Waals surface area contributed by atoms with Crippen LogP contribution in [-0.4, -0.2) is 62.6 Å². The fourth-order valence-corrected chi connectivity index (χ4v) is 3.80. The van der Waals surface area contributed by atoms with E-state index in [0.717, 1.165) is 12.8 Å². The number of hydrogen-bond donors (Lipinski definition) is 1. The zero-order valence-corrected chi connectivity index (χ0v) is 15.8. The molecule has 0 aliphatic carbocycles.